The molecule has 0 fully saturated rings. The van der Waals surface area contributed by atoms with E-state index in [9.17, 15) is 0 Å². The third-order valence-corrected chi connectivity index (χ3v) is 3.60. The SMILES string of the molecule is CSCCCNc1ncnc2sccc12. The Morgan fingerprint density at radius 1 is 1.47 bits per heavy atom. The summed E-state index contributed by atoms with van der Waals surface area (Å²) in [6, 6.07) is 2.07. The van der Waals surface area contributed by atoms with Gasteiger partial charge in [-0.15, -0.1) is 11.3 Å². The van der Waals surface area contributed by atoms with Crippen LogP contribution in [0.2, 0.25) is 0 Å². The van der Waals surface area contributed by atoms with E-state index in [0.29, 0.717) is 0 Å². The Hall–Kier alpha value is -0.810. The zero-order valence-corrected chi connectivity index (χ0v) is 10.2. The normalized spacial score (nSPS) is 10.7. The standard InChI is InChI=1S/C10H13N3S2/c1-14-5-2-4-11-9-8-3-6-15-10(8)13-7-12-9/h3,6-7H,2,4-5H2,1H3,(H,11,12,13). The van der Waals surface area contributed by atoms with Gasteiger partial charge < -0.3 is 5.32 Å². The molecular weight excluding hydrogens is 226 g/mol. The van der Waals surface area contributed by atoms with Gasteiger partial charge in [-0.25, -0.2) is 9.97 Å². The Kier molecular flexibility index (Phi) is 3.80. The van der Waals surface area contributed by atoms with Gasteiger partial charge >= 0.3 is 0 Å². The molecule has 0 aliphatic carbocycles. The van der Waals surface area contributed by atoms with E-state index < -0.39 is 0 Å². The van der Waals surface area contributed by atoms with Crippen molar-refractivity contribution < 1.29 is 0 Å². The van der Waals surface area contributed by atoms with E-state index in [1.165, 1.54) is 5.75 Å². The van der Waals surface area contributed by atoms with Crippen LogP contribution in [0.4, 0.5) is 5.82 Å². The zero-order valence-electron chi connectivity index (χ0n) is 8.56. The Balaban J connectivity index is 2.04. The van der Waals surface area contributed by atoms with E-state index in [-0.39, 0.29) is 0 Å². The lowest BCUT2D eigenvalue weighted by atomic mass is 10.3. The van der Waals surface area contributed by atoms with Crippen molar-refractivity contribution in [1.29, 1.82) is 0 Å². The molecule has 5 heteroatoms. The molecular formula is C10H13N3S2. The number of nitrogens with one attached hydrogen (secondary N) is 1. The predicted molar refractivity (Wildman–Crippen MR) is 68.9 cm³/mol. The molecule has 0 unspecified atom stereocenters. The third-order valence-electron chi connectivity index (χ3n) is 2.08. The Labute approximate surface area is 97.3 Å². The fourth-order valence-corrected chi connectivity index (χ4v) is 2.52. The second-order valence-electron chi connectivity index (χ2n) is 3.13. The molecule has 0 radical (unpaired) electrons. The van der Waals surface area contributed by atoms with Gasteiger partial charge in [-0.1, -0.05) is 0 Å². The molecule has 3 nitrogen and oxygen atoms in total. The van der Waals surface area contributed by atoms with Gasteiger partial charge in [-0.2, -0.15) is 11.8 Å². The monoisotopic (exact) mass is 239 g/mol. The number of rotatable bonds is 5. The molecule has 15 heavy (non-hydrogen) atoms. The summed E-state index contributed by atoms with van der Waals surface area (Å²) in [5.41, 5.74) is 0. The molecule has 2 rings (SSSR count). The predicted octanol–water partition coefficient (Wildman–Crippen LogP) is 2.86. The van der Waals surface area contributed by atoms with Crippen LogP contribution >= 0.6 is 23.1 Å². The Morgan fingerprint density at radius 2 is 2.40 bits per heavy atom. The molecule has 2 aromatic heterocycles. The van der Waals surface area contributed by atoms with Gasteiger partial charge in [0.25, 0.3) is 0 Å². The highest BCUT2D eigenvalue weighted by atomic mass is 32.2. The first-order valence-electron chi connectivity index (χ1n) is 4.83. The fourth-order valence-electron chi connectivity index (χ4n) is 1.35. The van der Waals surface area contributed by atoms with E-state index in [1.807, 2.05) is 17.1 Å². The minimum Gasteiger partial charge on any atom is -0.369 e. The van der Waals surface area contributed by atoms with Gasteiger partial charge in [0.1, 0.15) is 17.0 Å². The number of hydrogen-bond donors (Lipinski definition) is 1. The summed E-state index contributed by atoms with van der Waals surface area (Å²) in [6.45, 7) is 0.975. The van der Waals surface area contributed by atoms with Crippen molar-refractivity contribution in [2.45, 2.75) is 6.42 Å². The molecule has 0 aliphatic rings. The van der Waals surface area contributed by atoms with Crippen molar-refractivity contribution in [2.75, 3.05) is 23.9 Å². The topological polar surface area (TPSA) is 37.8 Å². The molecule has 1 N–H and O–H groups in total. The number of hydrogen-bond acceptors (Lipinski definition) is 5. The summed E-state index contributed by atoms with van der Waals surface area (Å²) in [7, 11) is 0. The average Bonchev–Trinajstić information content (AvgIpc) is 2.73. The van der Waals surface area contributed by atoms with Crippen LogP contribution in [0.1, 0.15) is 6.42 Å². The molecule has 0 atom stereocenters. The van der Waals surface area contributed by atoms with Crippen LogP contribution in [0.15, 0.2) is 17.8 Å². The molecule has 0 aromatic carbocycles. The van der Waals surface area contributed by atoms with Crippen LogP contribution < -0.4 is 5.32 Å². The smallest absolute Gasteiger partial charge is 0.138 e. The number of nitrogens with zero attached hydrogens (tertiary/aromatic N) is 2. The molecule has 0 spiro atoms. The first kappa shape index (κ1) is 10.7. The number of anilines is 1. The van der Waals surface area contributed by atoms with Crippen LogP contribution in [0.25, 0.3) is 10.2 Å². The highest BCUT2D eigenvalue weighted by Gasteiger charge is 2.02. The van der Waals surface area contributed by atoms with Crippen molar-refractivity contribution in [2.24, 2.45) is 0 Å². The van der Waals surface area contributed by atoms with Crippen molar-refractivity contribution >= 4 is 39.1 Å². The van der Waals surface area contributed by atoms with Crippen LogP contribution in [0.5, 0.6) is 0 Å². The first-order valence-corrected chi connectivity index (χ1v) is 7.10. The van der Waals surface area contributed by atoms with E-state index in [4.69, 9.17) is 0 Å². The largest absolute Gasteiger partial charge is 0.369 e. The van der Waals surface area contributed by atoms with Gasteiger partial charge in [0.05, 0.1) is 5.39 Å². The molecule has 0 saturated heterocycles. The van der Waals surface area contributed by atoms with E-state index >= 15 is 0 Å². The molecule has 0 amide bonds. The average molecular weight is 239 g/mol. The van der Waals surface area contributed by atoms with Gasteiger partial charge in [-0.05, 0) is 29.9 Å². The molecule has 2 heterocycles. The molecule has 0 saturated carbocycles. The van der Waals surface area contributed by atoms with Gasteiger partial charge in [-0.3, -0.25) is 0 Å². The summed E-state index contributed by atoms with van der Waals surface area (Å²) >= 11 is 3.52. The fraction of sp³-hybridized carbons (Fsp3) is 0.400. The minimum absolute atomic E-state index is 0.961. The first-order chi connectivity index (χ1) is 7.42. The summed E-state index contributed by atoms with van der Waals surface area (Å²) in [5.74, 6) is 2.15. The number of thiophene rings is 1. The quantitative estimate of drug-likeness (QED) is 0.814. The number of thioether (sulfide) groups is 1. The van der Waals surface area contributed by atoms with Crippen molar-refractivity contribution in [3.05, 3.63) is 17.8 Å². The van der Waals surface area contributed by atoms with Gasteiger partial charge in [0, 0.05) is 6.54 Å². The second-order valence-corrected chi connectivity index (χ2v) is 5.01. The molecule has 2 aromatic rings. The minimum atomic E-state index is 0.961. The van der Waals surface area contributed by atoms with Gasteiger partial charge in [0.15, 0.2) is 0 Å². The maximum atomic E-state index is 4.25. The lowest BCUT2D eigenvalue weighted by Crippen LogP contribution is -2.04. The van der Waals surface area contributed by atoms with Crippen molar-refractivity contribution in [3.8, 4) is 0 Å². The van der Waals surface area contributed by atoms with Crippen LogP contribution in [-0.2, 0) is 0 Å². The lowest BCUT2D eigenvalue weighted by Gasteiger charge is -2.05. The summed E-state index contributed by atoms with van der Waals surface area (Å²) in [4.78, 5) is 9.52. The lowest BCUT2D eigenvalue weighted by molar-refractivity contribution is 0.982. The number of fused-ring (bicyclic) bond motifs is 1. The molecule has 0 aliphatic heterocycles. The van der Waals surface area contributed by atoms with E-state index in [1.54, 1.807) is 17.7 Å². The summed E-state index contributed by atoms with van der Waals surface area (Å²) in [5, 5.41) is 6.53. The van der Waals surface area contributed by atoms with Crippen LogP contribution in [0.3, 0.4) is 0 Å². The summed E-state index contributed by atoms with van der Waals surface area (Å²) in [6.07, 6.45) is 4.91. The van der Waals surface area contributed by atoms with Crippen molar-refractivity contribution in [1.82, 2.24) is 9.97 Å². The van der Waals surface area contributed by atoms with Crippen molar-refractivity contribution in [3.63, 3.8) is 0 Å². The maximum absolute atomic E-state index is 4.25. The van der Waals surface area contributed by atoms with Crippen LogP contribution in [0, 0.1) is 0 Å². The van der Waals surface area contributed by atoms with Gasteiger partial charge in [0.2, 0.25) is 0 Å². The second kappa shape index (κ2) is 5.32. The zero-order chi connectivity index (χ0) is 10.5. The molecule has 80 valence electrons. The Bertz CT molecular complexity index is 427. The Morgan fingerprint density at radius 3 is 3.27 bits per heavy atom. The third kappa shape index (κ3) is 2.60. The highest BCUT2D eigenvalue weighted by molar-refractivity contribution is 7.98. The summed E-state index contributed by atoms with van der Waals surface area (Å²) < 4.78 is 0. The maximum Gasteiger partial charge on any atom is 0.138 e. The highest BCUT2D eigenvalue weighted by Crippen LogP contribution is 2.23. The van der Waals surface area contributed by atoms with E-state index in [0.717, 1.165) is 29.0 Å². The number of aromatic nitrogens is 2. The van der Waals surface area contributed by atoms with Crippen LogP contribution in [-0.4, -0.2) is 28.5 Å². The van der Waals surface area contributed by atoms with E-state index in [2.05, 4.69) is 27.6 Å². The molecule has 0 bridgehead atoms.